The van der Waals surface area contributed by atoms with Gasteiger partial charge in [-0.2, -0.15) is 0 Å². The van der Waals surface area contributed by atoms with Crippen molar-refractivity contribution < 1.29 is 13.9 Å². The van der Waals surface area contributed by atoms with Crippen molar-refractivity contribution in [3.05, 3.63) is 90.0 Å². The van der Waals surface area contributed by atoms with E-state index in [2.05, 4.69) is 10.3 Å². The number of ether oxygens (including phenoxy) is 1. The van der Waals surface area contributed by atoms with Gasteiger partial charge < -0.3 is 10.1 Å². The number of nitrogens with zero attached hydrogens (tertiary/aromatic N) is 1. The van der Waals surface area contributed by atoms with Gasteiger partial charge in [-0.15, -0.1) is 0 Å². The predicted octanol–water partition coefficient (Wildman–Crippen LogP) is 4.72. The predicted molar refractivity (Wildman–Crippen MR) is 103 cm³/mol. The Hall–Kier alpha value is -3.21. The fourth-order valence-electron chi connectivity index (χ4n) is 2.61. The minimum absolute atomic E-state index is 0.206. The van der Waals surface area contributed by atoms with Gasteiger partial charge in [-0.25, -0.2) is 4.39 Å². The molecule has 2 aromatic carbocycles. The SMILES string of the molecule is CC(C)(C(=O)Nc1ccccc1OCc1ccccn1)c1ccc(F)cc1. The number of rotatable bonds is 6. The smallest absolute Gasteiger partial charge is 0.234 e. The number of nitrogens with one attached hydrogen (secondary N) is 1. The summed E-state index contributed by atoms with van der Waals surface area (Å²) >= 11 is 0. The second-order valence-corrected chi connectivity index (χ2v) is 6.69. The lowest BCUT2D eigenvalue weighted by Crippen LogP contribution is -2.34. The monoisotopic (exact) mass is 364 g/mol. The van der Waals surface area contributed by atoms with E-state index in [4.69, 9.17) is 4.74 Å². The van der Waals surface area contributed by atoms with E-state index in [1.54, 1.807) is 44.3 Å². The summed E-state index contributed by atoms with van der Waals surface area (Å²) in [7, 11) is 0. The molecule has 0 unspecified atom stereocenters. The number of hydrogen-bond donors (Lipinski definition) is 1. The first-order chi connectivity index (χ1) is 13.0. The fourth-order valence-corrected chi connectivity index (χ4v) is 2.61. The number of carbonyl (C=O) groups is 1. The molecule has 5 heteroatoms. The summed E-state index contributed by atoms with van der Waals surface area (Å²) in [5.74, 6) is 0.0256. The molecule has 1 heterocycles. The topological polar surface area (TPSA) is 51.2 Å². The molecule has 0 bridgehead atoms. The molecule has 0 aliphatic carbocycles. The van der Waals surface area contributed by atoms with Gasteiger partial charge in [-0.3, -0.25) is 9.78 Å². The summed E-state index contributed by atoms with van der Waals surface area (Å²) in [6, 6.07) is 18.8. The normalized spacial score (nSPS) is 11.1. The zero-order chi connectivity index (χ0) is 19.3. The van der Waals surface area contributed by atoms with E-state index in [9.17, 15) is 9.18 Å². The Morgan fingerprint density at radius 2 is 1.74 bits per heavy atom. The maximum atomic E-state index is 13.2. The van der Waals surface area contributed by atoms with Crippen LogP contribution in [0.5, 0.6) is 5.75 Å². The lowest BCUT2D eigenvalue weighted by molar-refractivity contribution is -0.120. The van der Waals surface area contributed by atoms with E-state index in [1.165, 1.54) is 12.1 Å². The quantitative estimate of drug-likeness (QED) is 0.689. The van der Waals surface area contributed by atoms with Gasteiger partial charge in [-0.1, -0.05) is 30.3 Å². The van der Waals surface area contributed by atoms with Gasteiger partial charge in [-0.05, 0) is 55.8 Å². The highest BCUT2D eigenvalue weighted by Gasteiger charge is 2.30. The maximum Gasteiger partial charge on any atom is 0.234 e. The summed E-state index contributed by atoms with van der Waals surface area (Å²) in [4.78, 5) is 17.1. The Morgan fingerprint density at radius 1 is 1.04 bits per heavy atom. The largest absolute Gasteiger partial charge is 0.485 e. The average molecular weight is 364 g/mol. The highest BCUT2D eigenvalue weighted by atomic mass is 19.1. The van der Waals surface area contributed by atoms with Crippen LogP contribution < -0.4 is 10.1 Å². The van der Waals surface area contributed by atoms with Gasteiger partial charge in [0, 0.05) is 6.20 Å². The van der Waals surface area contributed by atoms with Gasteiger partial charge >= 0.3 is 0 Å². The van der Waals surface area contributed by atoms with E-state index in [-0.39, 0.29) is 11.7 Å². The number of hydrogen-bond acceptors (Lipinski definition) is 3. The number of pyridine rings is 1. The molecular weight excluding hydrogens is 343 g/mol. The maximum absolute atomic E-state index is 13.2. The summed E-state index contributed by atoms with van der Waals surface area (Å²) in [6.07, 6.45) is 1.71. The van der Waals surface area contributed by atoms with Crippen molar-refractivity contribution in [3.63, 3.8) is 0 Å². The Labute approximate surface area is 158 Å². The van der Waals surface area contributed by atoms with Crippen molar-refractivity contribution in [2.75, 3.05) is 5.32 Å². The molecule has 0 spiro atoms. The molecule has 0 aliphatic rings. The molecule has 3 aromatic rings. The number of halogens is 1. The third-order valence-corrected chi connectivity index (χ3v) is 4.37. The van der Waals surface area contributed by atoms with Gasteiger partial charge in [0.15, 0.2) is 0 Å². The van der Waals surface area contributed by atoms with Crippen LogP contribution in [0, 0.1) is 5.82 Å². The summed E-state index contributed by atoms with van der Waals surface area (Å²) in [6.45, 7) is 3.90. The standard InChI is InChI=1S/C22H21FN2O2/c1-22(2,16-10-12-17(23)13-11-16)21(26)25-19-8-3-4-9-20(19)27-15-18-7-5-6-14-24-18/h3-14H,15H2,1-2H3,(H,25,26). The molecule has 27 heavy (non-hydrogen) atoms. The molecule has 0 atom stereocenters. The highest BCUT2D eigenvalue weighted by molar-refractivity contribution is 5.99. The van der Waals surface area contributed by atoms with Crippen LogP contribution >= 0.6 is 0 Å². The van der Waals surface area contributed by atoms with Crippen LogP contribution in [-0.4, -0.2) is 10.9 Å². The van der Waals surface area contributed by atoms with Crippen molar-refractivity contribution in [3.8, 4) is 5.75 Å². The molecule has 0 saturated carbocycles. The molecule has 4 nitrogen and oxygen atoms in total. The Bertz CT molecular complexity index is 909. The molecule has 1 N–H and O–H groups in total. The molecule has 0 radical (unpaired) electrons. The number of anilines is 1. The first-order valence-electron chi connectivity index (χ1n) is 8.66. The summed E-state index contributed by atoms with van der Waals surface area (Å²) in [5, 5.41) is 2.92. The second kappa shape index (κ2) is 7.99. The number of para-hydroxylation sites is 2. The Morgan fingerprint density at radius 3 is 2.44 bits per heavy atom. The van der Waals surface area contributed by atoms with E-state index < -0.39 is 5.41 Å². The van der Waals surface area contributed by atoms with E-state index >= 15 is 0 Å². The lowest BCUT2D eigenvalue weighted by Gasteiger charge is -2.25. The first-order valence-corrected chi connectivity index (χ1v) is 8.66. The molecule has 1 aromatic heterocycles. The van der Waals surface area contributed by atoms with Crippen LogP contribution in [0.2, 0.25) is 0 Å². The van der Waals surface area contributed by atoms with E-state index in [0.717, 1.165) is 11.3 Å². The number of aromatic nitrogens is 1. The molecule has 1 amide bonds. The fraction of sp³-hybridized carbons (Fsp3) is 0.182. The van der Waals surface area contributed by atoms with Crippen LogP contribution in [0.1, 0.15) is 25.1 Å². The van der Waals surface area contributed by atoms with Crippen molar-refractivity contribution >= 4 is 11.6 Å². The number of amides is 1. The van der Waals surface area contributed by atoms with Crippen LogP contribution in [0.15, 0.2) is 72.9 Å². The first kappa shape index (κ1) is 18.6. The van der Waals surface area contributed by atoms with E-state index in [0.29, 0.717) is 18.0 Å². The molecular formula is C22H21FN2O2. The molecule has 0 fully saturated rings. The van der Waals surface area contributed by atoms with Crippen molar-refractivity contribution in [2.45, 2.75) is 25.9 Å². The van der Waals surface area contributed by atoms with Crippen LogP contribution in [0.4, 0.5) is 10.1 Å². The molecule has 3 rings (SSSR count). The van der Waals surface area contributed by atoms with E-state index in [1.807, 2.05) is 30.3 Å². The van der Waals surface area contributed by atoms with Gasteiger partial charge in [0.1, 0.15) is 18.2 Å². The summed E-state index contributed by atoms with van der Waals surface area (Å²) < 4.78 is 19.0. The van der Waals surface area contributed by atoms with Crippen LogP contribution in [0.25, 0.3) is 0 Å². The summed E-state index contributed by atoms with van der Waals surface area (Å²) in [5.41, 5.74) is 1.27. The highest BCUT2D eigenvalue weighted by Crippen LogP contribution is 2.29. The van der Waals surface area contributed by atoms with Gasteiger partial charge in [0.25, 0.3) is 0 Å². The van der Waals surface area contributed by atoms with Gasteiger partial charge in [0.2, 0.25) is 5.91 Å². The molecule has 0 aliphatic heterocycles. The average Bonchev–Trinajstić information content (AvgIpc) is 2.68. The Kier molecular flexibility index (Phi) is 5.50. The van der Waals surface area contributed by atoms with Gasteiger partial charge in [0.05, 0.1) is 16.8 Å². The second-order valence-electron chi connectivity index (χ2n) is 6.69. The van der Waals surface area contributed by atoms with Crippen molar-refractivity contribution in [1.29, 1.82) is 0 Å². The van der Waals surface area contributed by atoms with Crippen LogP contribution in [0.3, 0.4) is 0 Å². The van der Waals surface area contributed by atoms with Crippen molar-refractivity contribution in [1.82, 2.24) is 4.98 Å². The zero-order valence-electron chi connectivity index (χ0n) is 15.3. The van der Waals surface area contributed by atoms with Crippen LogP contribution in [-0.2, 0) is 16.8 Å². The van der Waals surface area contributed by atoms with Crippen molar-refractivity contribution in [2.24, 2.45) is 0 Å². The number of benzene rings is 2. The number of carbonyl (C=O) groups excluding carboxylic acids is 1. The lowest BCUT2D eigenvalue weighted by atomic mass is 9.83. The Balaban J connectivity index is 1.75. The third-order valence-electron chi connectivity index (χ3n) is 4.37. The minimum Gasteiger partial charge on any atom is -0.485 e. The minimum atomic E-state index is -0.832. The zero-order valence-corrected chi connectivity index (χ0v) is 15.3. The third kappa shape index (κ3) is 4.50. The molecule has 138 valence electrons. The molecule has 0 saturated heterocycles.